The smallest absolute Gasteiger partial charge is 0.317 e. The summed E-state index contributed by atoms with van der Waals surface area (Å²) in [4.78, 5) is 44.1. The Bertz CT molecular complexity index is 693. The molecule has 8 heteroatoms. The van der Waals surface area contributed by atoms with Crippen molar-refractivity contribution in [2.75, 3.05) is 0 Å². The van der Waals surface area contributed by atoms with E-state index in [2.05, 4.69) is 13.8 Å². The zero-order valence-corrected chi connectivity index (χ0v) is 23.6. The van der Waals surface area contributed by atoms with Crippen LogP contribution in [0.15, 0.2) is 0 Å². The maximum atomic E-state index is 11.0. The van der Waals surface area contributed by atoms with Crippen LogP contribution in [0.4, 0.5) is 0 Å². The van der Waals surface area contributed by atoms with Gasteiger partial charge in [0, 0.05) is 0 Å². The van der Waals surface area contributed by atoms with E-state index in [1.807, 2.05) is 0 Å². The molecule has 0 aromatic rings. The van der Waals surface area contributed by atoms with Crippen molar-refractivity contribution in [2.24, 2.45) is 35.5 Å². The molecule has 8 nitrogen and oxygen atoms in total. The van der Waals surface area contributed by atoms with E-state index in [9.17, 15) is 19.2 Å². The average molecular weight is 541 g/mol. The van der Waals surface area contributed by atoms with Gasteiger partial charge in [-0.3, -0.25) is 19.2 Å². The molecule has 4 unspecified atom stereocenters. The third kappa shape index (κ3) is 12.6. The molecule has 0 aliphatic heterocycles. The fourth-order valence-electron chi connectivity index (χ4n) is 6.58. The molecule has 220 valence electrons. The first kappa shape index (κ1) is 33.9. The summed E-state index contributed by atoms with van der Waals surface area (Å²) < 4.78 is 0. The number of carbonyl (C=O) groups is 4. The molecule has 0 amide bonds. The van der Waals surface area contributed by atoms with Crippen molar-refractivity contribution in [1.82, 2.24) is 0 Å². The van der Waals surface area contributed by atoms with Gasteiger partial charge in [0.05, 0.1) is 0 Å². The van der Waals surface area contributed by atoms with Gasteiger partial charge < -0.3 is 20.4 Å². The molecule has 38 heavy (non-hydrogen) atoms. The van der Waals surface area contributed by atoms with Crippen LogP contribution in [-0.4, -0.2) is 44.3 Å². The van der Waals surface area contributed by atoms with Gasteiger partial charge in [-0.2, -0.15) is 0 Å². The lowest BCUT2D eigenvalue weighted by Crippen LogP contribution is -2.26. The second-order valence-corrected chi connectivity index (χ2v) is 11.6. The number of carboxylic acids is 4. The zero-order valence-electron chi connectivity index (χ0n) is 23.6. The van der Waals surface area contributed by atoms with E-state index in [0.717, 1.165) is 62.7 Å². The van der Waals surface area contributed by atoms with Crippen molar-refractivity contribution in [2.45, 2.75) is 129 Å². The van der Waals surface area contributed by atoms with Gasteiger partial charge in [-0.15, -0.1) is 0 Å². The van der Waals surface area contributed by atoms with Crippen LogP contribution < -0.4 is 0 Å². The minimum atomic E-state index is -1.29. The molecule has 1 saturated carbocycles. The molecule has 0 radical (unpaired) electrons. The summed E-state index contributed by atoms with van der Waals surface area (Å²) in [5.74, 6) is -4.65. The lowest BCUT2D eigenvalue weighted by molar-refractivity contribution is -0.156. The molecule has 0 heterocycles. The number of aliphatic carboxylic acids is 4. The quantitative estimate of drug-likeness (QED) is 0.0684. The molecule has 4 atom stereocenters. The van der Waals surface area contributed by atoms with Crippen LogP contribution in [0.1, 0.15) is 129 Å². The van der Waals surface area contributed by atoms with Gasteiger partial charge in [0.2, 0.25) is 0 Å². The standard InChI is InChI=1S/C30H52O8/c1-3-22-16-14-15-21(2)23(17-10-6-4-8-12-19-25(27(31)32)28(33)34)24(22)18-11-7-5-9-13-20-26(29(35)36)30(37)38/h21-26H,3-20H2,1-2H3,(H,31,32)(H,33,34)(H,35,36)(H,37,38). The SMILES string of the molecule is CCC1CCCC(C)C(CCCCCCCC(C(=O)O)C(=O)O)C1CCCCCCCC(C(=O)O)C(=O)O. The summed E-state index contributed by atoms with van der Waals surface area (Å²) in [6.45, 7) is 4.72. The van der Waals surface area contributed by atoms with E-state index in [4.69, 9.17) is 20.4 Å². The second-order valence-electron chi connectivity index (χ2n) is 11.6. The predicted octanol–water partition coefficient (Wildman–Crippen LogP) is 7.10. The maximum absolute atomic E-state index is 11.0. The number of rotatable bonds is 21. The van der Waals surface area contributed by atoms with Gasteiger partial charge in [-0.25, -0.2) is 0 Å². The summed E-state index contributed by atoms with van der Waals surface area (Å²) in [6, 6.07) is 0. The fraction of sp³-hybridized carbons (Fsp3) is 0.867. The van der Waals surface area contributed by atoms with Crippen LogP contribution in [0, 0.1) is 35.5 Å². The van der Waals surface area contributed by atoms with Crippen molar-refractivity contribution in [3.05, 3.63) is 0 Å². The molecule has 0 aromatic carbocycles. The van der Waals surface area contributed by atoms with Crippen LogP contribution in [-0.2, 0) is 19.2 Å². The largest absolute Gasteiger partial charge is 0.481 e. The lowest BCUT2D eigenvalue weighted by atomic mass is 9.71. The Morgan fingerprint density at radius 2 is 1.00 bits per heavy atom. The Hall–Kier alpha value is -2.12. The van der Waals surface area contributed by atoms with Crippen molar-refractivity contribution in [3.63, 3.8) is 0 Å². The Morgan fingerprint density at radius 3 is 1.42 bits per heavy atom. The molecular formula is C30H52O8. The van der Waals surface area contributed by atoms with Gasteiger partial charge in [0.25, 0.3) is 0 Å². The molecule has 0 spiro atoms. The first-order chi connectivity index (χ1) is 18.1. The highest BCUT2D eigenvalue weighted by Crippen LogP contribution is 2.43. The summed E-state index contributed by atoms with van der Waals surface area (Å²) in [5.41, 5.74) is 0. The Labute approximate surface area is 228 Å². The van der Waals surface area contributed by atoms with E-state index in [1.54, 1.807) is 0 Å². The van der Waals surface area contributed by atoms with E-state index in [0.29, 0.717) is 18.8 Å². The first-order valence-corrected chi connectivity index (χ1v) is 15.0. The van der Waals surface area contributed by atoms with Crippen molar-refractivity contribution in [3.8, 4) is 0 Å². The normalized spacial score (nSPS) is 21.9. The molecule has 1 aliphatic rings. The van der Waals surface area contributed by atoms with E-state index < -0.39 is 35.7 Å². The van der Waals surface area contributed by atoms with Crippen molar-refractivity contribution < 1.29 is 39.6 Å². The predicted molar refractivity (Wildman–Crippen MR) is 146 cm³/mol. The Kier molecular flexibility index (Phi) is 17.0. The highest BCUT2D eigenvalue weighted by Gasteiger charge is 2.33. The van der Waals surface area contributed by atoms with Gasteiger partial charge in [-0.05, 0) is 49.4 Å². The topological polar surface area (TPSA) is 149 Å². The Morgan fingerprint density at radius 1 is 0.605 bits per heavy atom. The third-order valence-electron chi connectivity index (χ3n) is 8.90. The number of hydrogen-bond donors (Lipinski definition) is 4. The lowest BCUT2D eigenvalue weighted by Gasteiger charge is -2.34. The number of unbranched alkanes of at least 4 members (excludes halogenated alkanes) is 8. The Balaban J connectivity index is 2.43. The van der Waals surface area contributed by atoms with Gasteiger partial charge in [0.15, 0.2) is 11.8 Å². The fourth-order valence-corrected chi connectivity index (χ4v) is 6.58. The summed E-state index contributed by atoms with van der Waals surface area (Å²) >= 11 is 0. The van der Waals surface area contributed by atoms with Crippen LogP contribution in [0.5, 0.6) is 0 Å². The van der Waals surface area contributed by atoms with Crippen LogP contribution in [0.3, 0.4) is 0 Å². The highest BCUT2D eigenvalue weighted by molar-refractivity contribution is 5.93. The maximum Gasteiger partial charge on any atom is 0.317 e. The van der Waals surface area contributed by atoms with Crippen LogP contribution in [0.2, 0.25) is 0 Å². The summed E-state index contributed by atoms with van der Waals surface area (Å²) in [5, 5.41) is 36.0. The van der Waals surface area contributed by atoms with Crippen molar-refractivity contribution in [1.29, 1.82) is 0 Å². The third-order valence-corrected chi connectivity index (χ3v) is 8.90. The summed E-state index contributed by atoms with van der Waals surface area (Å²) in [6.07, 6.45) is 17.5. The van der Waals surface area contributed by atoms with Gasteiger partial charge in [-0.1, -0.05) is 104 Å². The van der Waals surface area contributed by atoms with Gasteiger partial charge in [0.1, 0.15) is 0 Å². The second kappa shape index (κ2) is 19.0. The minimum Gasteiger partial charge on any atom is -0.481 e. The molecule has 1 rings (SSSR count). The molecule has 0 saturated heterocycles. The van der Waals surface area contributed by atoms with E-state index in [-0.39, 0.29) is 12.8 Å². The molecule has 0 aromatic heterocycles. The van der Waals surface area contributed by atoms with Crippen LogP contribution in [0.25, 0.3) is 0 Å². The van der Waals surface area contributed by atoms with E-state index in [1.165, 1.54) is 44.9 Å². The zero-order chi connectivity index (χ0) is 28.5. The molecule has 1 fully saturated rings. The summed E-state index contributed by atoms with van der Waals surface area (Å²) in [7, 11) is 0. The number of hydrogen-bond acceptors (Lipinski definition) is 4. The van der Waals surface area contributed by atoms with E-state index >= 15 is 0 Å². The van der Waals surface area contributed by atoms with Gasteiger partial charge >= 0.3 is 23.9 Å². The molecule has 0 bridgehead atoms. The minimum absolute atomic E-state index is 0.199. The molecule has 4 N–H and O–H groups in total. The van der Waals surface area contributed by atoms with Crippen molar-refractivity contribution >= 4 is 23.9 Å². The number of carboxylic acid groups (broad SMARTS) is 4. The monoisotopic (exact) mass is 540 g/mol. The first-order valence-electron chi connectivity index (χ1n) is 15.0. The van der Waals surface area contributed by atoms with Crippen LogP contribution >= 0.6 is 0 Å². The molecular weight excluding hydrogens is 488 g/mol. The average Bonchev–Trinajstić information content (AvgIpc) is 2.99. The highest BCUT2D eigenvalue weighted by atomic mass is 16.4. The molecule has 1 aliphatic carbocycles.